The maximum absolute atomic E-state index is 10.9. The van der Waals surface area contributed by atoms with E-state index in [2.05, 4.69) is 5.32 Å². The molecule has 5 nitrogen and oxygen atoms in total. The highest BCUT2D eigenvalue weighted by atomic mass is 16.6. The molecule has 15 heavy (non-hydrogen) atoms. The van der Waals surface area contributed by atoms with Gasteiger partial charge in [0.25, 0.3) is 0 Å². The number of nitrogens with one attached hydrogen (secondary N) is 1. The van der Waals surface area contributed by atoms with Gasteiger partial charge in [0.05, 0.1) is 5.69 Å². The lowest BCUT2D eigenvalue weighted by atomic mass is 10.1. The fraction of sp³-hybridized carbons (Fsp3) is 0.200. The number of fused-ring (bicyclic) bond motifs is 1. The van der Waals surface area contributed by atoms with Gasteiger partial charge in [0.1, 0.15) is 12.4 Å². The van der Waals surface area contributed by atoms with E-state index in [1.165, 1.54) is 6.92 Å². The first kappa shape index (κ1) is 9.51. The first-order valence-corrected chi connectivity index (χ1v) is 4.40. The van der Waals surface area contributed by atoms with Crippen molar-refractivity contribution in [3.05, 3.63) is 23.8 Å². The third-order valence-electron chi connectivity index (χ3n) is 1.93. The summed E-state index contributed by atoms with van der Waals surface area (Å²) in [4.78, 5) is 21.6. The fourth-order valence-corrected chi connectivity index (χ4v) is 1.33. The fourth-order valence-electron chi connectivity index (χ4n) is 1.33. The van der Waals surface area contributed by atoms with Crippen LogP contribution in [0.25, 0.3) is 0 Å². The largest absolute Gasteiger partial charge is 0.444 e. The Kier molecular flexibility index (Phi) is 2.29. The highest BCUT2D eigenvalue weighted by Crippen LogP contribution is 2.26. The van der Waals surface area contributed by atoms with Gasteiger partial charge in [-0.15, -0.1) is 0 Å². The minimum Gasteiger partial charge on any atom is -0.444 e. The molecule has 2 rings (SSSR count). The maximum Gasteiger partial charge on any atom is 0.411 e. The smallest absolute Gasteiger partial charge is 0.411 e. The van der Waals surface area contributed by atoms with Gasteiger partial charge in [-0.1, -0.05) is 0 Å². The number of carbonyl (C=O) groups excluding carboxylic acids is 2. The standard InChI is InChI=1S/C10H9NO4/c1-6(12)15-8-2-3-9-7(4-8)5-14-10(13)11-9/h2-4H,5H2,1H3,(H,11,13). The number of carbonyl (C=O) groups is 2. The van der Waals surface area contributed by atoms with Crippen molar-refractivity contribution < 1.29 is 19.1 Å². The van der Waals surface area contributed by atoms with Crippen LogP contribution in [0.3, 0.4) is 0 Å². The van der Waals surface area contributed by atoms with E-state index in [4.69, 9.17) is 9.47 Å². The predicted octanol–water partition coefficient (Wildman–Crippen LogP) is 1.67. The highest BCUT2D eigenvalue weighted by Gasteiger charge is 2.16. The van der Waals surface area contributed by atoms with Crippen molar-refractivity contribution in [2.45, 2.75) is 13.5 Å². The number of cyclic esters (lactones) is 1. The lowest BCUT2D eigenvalue weighted by molar-refractivity contribution is -0.131. The van der Waals surface area contributed by atoms with Gasteiger partial charge in [0.15, 0.2) is 0 Å². The van der Waals surface area contributed by atoms with Crippen LogP contribution in [0.5, 0.6) is 5.75 Å². The zero-order valence-electron chi connectivity index (χ0n) is 8.07. The summed E-state index contributed by atoms with van der Waals surface area (Å²) in [6.07, 6.45) is -0.470. The van der Waals surface area contributed by atoms with Gasteiger partial charge in [-0.05, 0) is 18.2 Å². The molecule has 1 N–H and O–H groups in total. The first-order valence-electron chi connectivity index (χ1n) is 4.40. The van der Waals surface area contributed by atoms with Crippen molar-refractivity contribution in [3.63, 3.8) is 0 Å². The molecule has 1 aliphatic heterocycles. The van der Waals surface area contributed by atoms with E-state index in [0.29, 0.717) is 11.4 Å². The van der Waals surface area contributed by atoms with Gasteiger partial charge >= 0.3 is 12.1 Å². The second-order valence-electron chi connectivity index (χ2n) is 3.11. The van der Waals surface area contributed by atoms with E-state index in [1.54, 1.807) is 18.2 Å². The molecule has 0 bridgehead atoms. The van der Waals surface area contributed by atoms with Gasteiger partial charge in [-0.2, -0.15) is 0 Å². The maximum atomic E-state index is 10.9. The van der Waals surface area contributed by atoms with E-state index in [9.17, 15) is 9.59 Å². The SMILES string of the molecule is CC(=O)Oc1ccc2c(c1)COC(=O)N2. The van der Waals surface area contributed by atoms with E-state index >= 15 is 0 Å². The van der Waals surface area contributed by atoms with Crippen molar-refractivity contribution in [2.75, 3.05) is 5.32 Å². The molecular weight excluding hydrogens is 198 g/mol. The summed E-state index contributed by atoms with van der Waals surface area (Å²) in [5, 5.41) is 2.54. The number of benzene rings is 1. The molecule has 1 amide bonds. The van der Waals surface area contributed by atoms with Crippen molar-refractivity contribution >= 4 is 17.7 Å². The number of rotatable bonds is 1. The predicted molar refractivity (Wildman–Crippen MR) is 51.6 cm³/mol. The summed E-state index contributed by atoms with van der Waals surface area (Å²) in [7, 11) is 0. The Bertz CT molecular complexity index is 427. The Morgan fingerprint density at radius 2 is 2.33 bits per heavy atom. The van der Waals surface area contributed by atoms with Crippen LogP contribution >= 0.6 is 0 Å². The molecule has 0 fully saturated rings. The molecule has 0 saturated carbocycles. The number of ether oxygens (including phenoxy) is 2. The molecule has 0 spiro atoms. The van der Waals surface area contributed by atoms with E-state index in [0.717, 1.165) is 5.56 Å². The van der Waals surface area contributed by atoms with Crippen LogP contribution in [0.2, 0.25) is 0 Å². The topological polar surface area (TPSA) is 64.6 Å². The molecule has 0 saturated heterocycles. The molecular formula is C10H9NO4. The quantitative estimate of drug-likeness (QED) is 0.562. The van der Waals surface area contributed by atoms with Gasteiger partial charge in [0, 0.05) is 12.5 Å². The van der Waals surface area contributed by atoms with Crippen LogP contribution in [0, 0.1) is 0 Å². The normalized spacial score (nSPS) is 13.5. The number of hydrogen-bond donors (Lipinski definition) is 1. The summed E-state index contributed by atoms with van der Waals surface area (Å²) in [5.41, 5.74) is 1.47. The molecule has 0 aliphatic carbocycles. The van der Waals surface area contributed by atoms with E-state index in [1.807, 2.05) is 0 Å². The lowest BCUT2D eigenvalue weighted by Crippen LogP contribution is -2.20. The van der Waals surface area contributed by atoms with Gasteiger partial charge in [-0.3, -0.25) is 10.1 Å². The molecule has 0 aromatic heterocycles. The van der Waals surface area contributed by atoms with E-state index < -0.39 is 6.09 Å². The van der Waals surface area contributed by atoms with Gasteiger partial charge in [0.2, 0.25) is 0 Å². The van der Waals surface area contributed by atoms with Crippen LogP contribution in [0.1, 0.15) is 12.5 Å². The monoisotopic (exact) mass is 207 g/mol. The van der Waals surface area contributed by atoms with Crippen LogP contribution in [-0.2, 0) is 16.1 Å². The molecule has 0 unspecified atom stereocenters. The Labute approximate surface area is 86.0 Å². The van der Waals surface area contributed by atoms with Crippen LogP contribution in [-0.4, -0.2) is 12.1 Å². The third-order valence-corrected chi connectivity index (χ3v) is 1.93. The second-order valence-corrected chi connectivity index (χ2v) is 3.11. The second kappa shape index (κ2) is 3.61. The summed E-state index contributed by atoms with van der Waals surface area (Å²) < 4.78 is 9.67. The zero-order chi connectivity index (χ0) is 10.8. The van der Waals surface area contributed by atoms with Crippen LogP contribution < -0.4 is 10.1 Å². The summed E-state index contributed by atoms with van der Waals surface area (Å²) >= 11 is 0. The zero-order valence-corrected chi connectivity index (χ0v) is 8.07. The Morgan fingerprint density at radius 3 is 3.07 bits per heavy atom. The molecule has 1 aromatic carbocycles. The summed E-state index contributed by atoms with van der Waals surface area (Å²) in [6, 6.07) is 4.95. The molecule has 5 heteroatoms. The molecule has 1 aliphatic rings. The average Bonchev–Trinajstić information content (AvgIpc) is 2.17. The van der Waals surface area contributed by atoms with Crippen molar-refractivity contribution in [3.8, 4) is 5.75 Å². The first-order chi connectivity index (χ1) is 7.15. The van der Waals surface area contributed by atoms with Crippen LogP contribution in [0.4, 0.5) is 10.5 Å². The minimum absolute atomic E-state index is 0.191. The Hall–Kier alpha value is -2.04. The van der Waals surface area contributed by atoms with Crippen molar-refractivity contribution in [2.24, 2.45) is 0 Å². The number of amides is 1. The lowest BCUT2D eigenvalue weighted by Gasteiger charge is -2.17. The Balaban J connectivity index is 2.26. The van der Waals surface area contributed by atoms with Gasteiger partial charge in [-0.25, -0.2) is 4.79 Å². The molecule has 0 atom stereocenters. The molecule has 1 aromatic rings. The minimum atomic E-state index is -0.470. The number of esters is 1. The van der Waals surface area contributed by atoms with Crippen molar-refractivity contribution in [1.29, 1.82) is 0 Å². The molecule has 78 valence electrons. The van der Waals surface area contributed by atoms with Crippen molar-refractivity contribution in [1.82, 2.24) is 0 Å². The Morgan fingerprint density at radius 1 is 1.53 bits per heavy atom. The summed E-state index contributed by atoms with van der Waals surface area (Å²) in [6.45, 7) is 1.52. The van der Waals surface area contributed by atoms with Crippen LogP contribution in [0.15, 0.2) is 18.2 Å². The summed E-state index contributed by atoms with van der Waals surface area (Å²) in [5.74, 6) is 0.0664. The molecule has 1 heterocycles. The van der Waals surface area contributed by atoms with E-state index in [-0.39, 0.29) is 12.6 Å². The number of anilines is 1. The molecule has 0 radical (unpaired) electrons. The highest BCUT2D eigenvalue weighted by molar-refractivity contribution is 5.87. The van der Waals surface area contributed by atoms with Gasteiger partial charge < -0.3 is 9.47 Å². The third kappa shape index (κ3) is 2.07. The number of hydrogen-bond acceptors (Lipinski definition) is 4. The average molecular weight is 207 g/mol.